The number of aromatic nitrogens is 3. The molecular formula is C21H21N3O4S. The molecule has 150 valence electrons. The predicted octanol–water partition coefficient (Wildman–Crippen LogP) is 3.05. The molecule has 0 unspecified atom stereocenters. The van der Waals surface area contributed by atoms with Gasteiger partial charge in [0.25, 0.3) is 5.56 Å². The van der Waals surface area contributed by atoms with E-state index >= 15 is 0 Å². The van der Waals surface area contributed by atoms with E-state index < -0.39 is 5.97 Å². The number of fused-ring (bicyclic) bond motifs is 1. The summed E-state index contributed by atoms with van der Waals surface area (Å²) < 4.78 is 12.2. The number of rotatable bonds is 6. The molecule has 8 heteroatoms. The Morgan fingerprint density at radius 3 is 3.00 bits per heavy atom. The maximum Gasteiger partial charge on any atom is 0.337 e. The predicted molar refractivity (Wildman–Crippen MR) is 110 cm³/mol. The molecule has 1 aliphatic heterocycles. The largest absolute Gasteiger partial charge is 0.465 e. The molecule has 1 fully saturated rings. The third-order valence-corrected chi connectivity index (χ3v) is 5.89. The lowest BCUT2D eigenvalue weighted by atomic mass is 10.1. The minimum absolute atomic E-state index is 0.0130. The van der Waals surface area contributed by atoms with E-state index in [9.17, 15) is 9.59 Å². The fourth-order valence-corrected chi connectivity index (χ4v) is 4.28. The highest BCUT2D eigenvalue weighted by Gasteiger charge is 2.21. The van der Waals surface area contributed by atoms with Crippen molar-refractivity contribution in [3.8, 4) is 0 Å². The summed E-state index contributed by atoms with van der Waals surface area (Å²) in [5.74, 6) is 0.176. The van der Waals surface area contributed by atoms with Crippen LogP contribution >= 0.6 is 11.8 Å². The molecule has 0 N–H and O–H groups in total. The van der Waals surface area contributed by atoms with Crippen LogP contribution in [0.5, 0.6) is 0 Å². The minimum atomic E-state index is -0.457. The van der Waals surface area contributed by atoms with Crippen molar-refractivity contribution >= 4 is 28.6 Å². The Balaban J connectivity index is 1.74. The van der Waals surface area contributed by atoms with E-state index in [0.29, 0.717) is 33.9 Å². The average molecular weight is 411 g/mol. The Bertz CT molecular complexity index is 1080. The van der Waals surface area contributed by atoms with Gasteiger partial charge in [0.1, 0.15) is 0 Å². The molecular weight excluding hydrogens is 390 g/mol. The zero-order valence-corrected chi connectivity index (χ0v) is 16.9. The summed E-state index contributed by atoms with van der Waals surface area (Å²) in [5.41, 5.74) is 1.76. The van der Waals surface area contributed by atoms with Gasteiger partial charge in [-0.05, 0) is 42.7 Å². The summed E-state index contributed by atoms with van der Waals surface area (Å²) in [6.07, 6.45) is 5.47. The molecule has 0 aliphatic carbocycles. The van der Waals surface area contributed by atoms with Gasteiger partial charge in [0.15, 0.2) is 5.16 Å². The number of hydrogen-bond donors (Lipinski definition) is 0. The van der Waals surface area contributed by atoms with Crippen LogP contribution in [0.4, 0.5) is 0 Å². The second-order valence-electron chi connectivity index (χ2n) is 6.82. The molecule has 1 aromatic carbocycles. The van der Waals surface area contributed by atoms with Crippen LogP contribution in [-0.2, 0) is 21.8 Å². The molecule has 0 amide bonds. The number of benzene rings is 1. The molecule has 1 atom stereocenters. The van der Waals surface area contributed by atoms with Crippen molar-refractivity contribution in [2.45, 2.75) is 36.4 Å². The summed E-state index contributed by atoms with van der Waals surface area (Å²) >= 11 is 1.47. The average Bonchev–Trinajstić information content (AvgIpc) is 3.27. The maximum absolute atomic E-state index is 13.2. The molecule has 3 aromatic rings. The number of esters is 1. The first-order chi connectivity index (χ1) is 14.2. The molecule has 1 saturated heterocycles. The van der Waals surface area contributed by atoms with Gasteiger partial charge in [-0.25, -0.2) is 9.78 Å². The number of carbonyl (C=O) groups excluding carboxylic acids is 1. The second kappa shape index (κ2) is 8.75. The van der Waals surface area contributed by atoms with Gasteiger partial charge >= 0.3 is 5.97 Å². The number of hydrogen-bond acceptors (Lipinski definition) is 7. The zero-order chi connectivity index (χ0) is 20.2. The molecule has 29 heavy (non-hydrogen) atoms. The summed E-state index contributed by atoms with van der Waals surface area (Å²) in [4.78, 5) is 33.9. The van der Waals surface area contributed by atoms with Crippen LogP contribution in [0.15, 0.2) is 52.7 Å². The van der Waals surface area contributed by atoms with E-state index in [1.807, 2.05) is 12.1 Å². The van der Waals surface area contributed by atoms with Gasteiger partial charge in [0, 0.05) is 24.8 Å². The third-order valence-electron chi connectivity index (χ3n) is 4.84. The minimum Gasteiger partial charge on any atom is -0.465 e. The van der Waals surface area contributed by atoms with Gasteiger partial charge in [0.2, 0.25) is 0 Å². The number of nitrogens with zero attached hydrogens (tertiary/aromatic N) is 3. The highest BCUT2D eigenvalue weighted by atomic mass is 32.2. The molecule has 1 aliphatic rings. The van der Waals surface area contributed by atoms with Crippen LogP contribution in [-0.4, -0.2) is 40.3 Å². The Morgan fingerprint density at radius 2 is 2.28 bits per heavy atom. The SMILES string of the molecule is COC(=O)c1ccc2c(=O)n(C[C@@H]3CCCO3)c(SCc3cccnc3)nc2c1. The van der Waals surface area contributed by atoms with E-state index in [-0.39, 0.29) is 11.7 Å². The lowest BCUT2D eigenvalue weighted by Crippen LogP contribution is -2.29. The number of thioether (sulfide) groups is 1. The molecule has 2 aromatic heterocycles. The molecule has 3 heterocycles. The highest BCUT2D eigenvalue weighted by Crippen LogP contribution is 2.24. The molecule has 4 rings (SSSR count). The van der Waals surface area contributed by atoms with Crippen molar-refractivity contribution in [3.05, 3.63) is 64.2 Å². The van der Waals surface area contributed by atoms with E-state index in [4.69, 9.17) is 14.5 Å². The van der Waals surface area contributed by atoms with Gasteiger partial charge in [-0.15, -0.1) is 0 Å². The monoisotopic (exact) mass is 411 g/mol. The van der Waals surface area contributed by atoms with Crippen LogP contribution in [0.2, 0.25) is 0 Å². The topological polar surface area (TPSA) is 83.3 Å². The van der Waals surface area contributed by atoms with Crippen molar-refractivity contribution in [1.29, 1.82) is 0 Å². The molecule has 0 radical (unpaired) electrons. The number of ether oxygens (including phenoxy) is 2. The second-order valence-corrected chi connectivity index (χ2v) is 7.76. The molecule has 0 bridgehead atoms. The van der Waals surface area contributed by atoms with Gasteiger partial charge in [0.05, 0.1) is 36.2 Å². The first kappa shape index (κ1) is 19.6. The third kappa shape index (κ3) is 4.33. The first-order valence-electron chi connectivity index (χ1n) is 9.42. The van der Waals surface area contributed by atoms with Crippen molar-refractivity contribution in [2.75, 3.05) is 13.7 Å². The van der Waals surface area contributed by atoms with Crippen molar-refractivity contribution in [1.82, 2.24) is 14.5 Å². The van der Waals surface area contributed by atoms with E-state index in [2.05, 4.69) is 4.98 Å². The van der Waals surface area contributed by atoms with Crippen molar-refractivity contribution < 1.29 is 14.3 Å². The first-order valence-corrected chi connectivity index (χ1v) is 10.4. The number of carbonyl (C=O) groups is 1. The quantitative estimate of drug-likeness (QED) is 0.350. The lowest BCUT2D eigenvalue weighted by Gasteiger charge is -2.16. The van der Waals surface area contributed by atoms with Crippen LogP contribution in [0.1, 0.15) is 28.8 Å². The van der Waals surface area contributed by atoms with Crippen LogP contribution in [0.25, 0.3) is 10.9 Å². The van der Waals surface area contributed by atoms with E-state index in [0.717, 1.165) is 25.0 Å². The van der Waals surface area contributed by atoms with Gasteiger partial charge in [-0.2, -0.15) is 0 Å². The van der Waals surface area contributed by atoms with Crippen LogP contribution in [0.3, 0.4) is 0 Å². The van der Waals surface area contributed by atoms with Crippen molar-refractivity contribution in [3.63, 3.8) is 0 Å². The fourth-order valence-electron chi connectivity index (χ4n) is 3.34. The van der Waals surface area contributed by atoms with Gasteiger partial charge in [-0.3, -0.25) is 14.3 Å². The maximum atomic E-state index is 13.2. The smallest absolute Gasteiger partial charge is 0.337 e. The summed E-state index contributed by atoms with van der Waals surface area (Å²) in [5, 5.41) is 1.07. The Kier molecular flexibility index (Phi) is 5.92. The molecule has 7 nitrogen and oxygen atoms in total. The van der Waals surface area contributed by atoms with Crippen LogP contribution in [0, 0.1) is 0 Å². The normalized spacial score (nSPS) is 16.2. The standard InChI is InChI=1S/C21H21N3O4S/c1-27-20(26)15-6-7-17-18(10-15)23-21(29-13-14-4-2-8-22-11-14)24(19(17)25)12-16-5-3-9-28-16/h2,4,6-8,10-11,16H,3,5,9,12-13H2,1H3/t16-/m0/s1. The zero-order valence-electron chi connectivity index (χ0n) is 16.0. The molecule has 0 spiro atoms. The number of pyridine rings is 1. The summed E-state index contributed by atoms with van der Waals surface area (Å²) in [7, 11) is 1.33. The molecule has 0 saturated carbocycles. The fraction of sp³-hybridized carbons (Fsp3) is 0.333. The Morgan fingerprint density at radius 1 is 1.38 bits per heavy atom. The summed E-state index contributed by atoms with van der Waals surface area (Å²) in [6, 6.07) is 8.70. The Labute approximate surface area is 172 Å². The lowest BCUT2D eigenvalue weighted by molar-refractivity contribution is 0.0601. The van der Waals surface area contributed by atoms with Gasteiger partial charge < -0.3 is 9.47 Å². The Hall–Kier alpha value is -2.71. The highest BCUT2D eigenvalue weighted by molar-refractivity contribution is 7.98. The van der Waals surface area contributed by atoms with E-state index in [1.165, 1.54) is 18.9 Å². The summed E-state index contributed by atoms with van der Waals surface area (Å²) in [6.45, 7) is 1.19. The van der Waals surface area contributed by atoms with Gasteiger partial charge in [-0.1, -0.05) is 17.8 Å². The number of methoxy groups -OCH3 is 1. The van der Waals surface area contributed by atoms with E-state index in [1.54, 1.807) is 35.2 Å². The van der Waals surface area contributed by atoms with Crippen molar-refractivity contribution in [2.24, 2.45) is 0 Å². The van der Waals surface area contributed by atoms with Crippen LogP contribution < -0.4 is 5.56 Å².